The third-order valence-corrected chi connectivity index (χ3v) is 3.71. The minimum Gasteiger partial charge on any atom is -0.352 e. The highest BCUT2D eigenvalue weighted by Crippen LogP contribution is 2.20. The fraction of sp³-hybridized carbons (Fsp3) is 0.214. The van der Waals surface area contributed by atoms with E-state index in [-0.39, 0.29) is 11.3 Å². The first kappa shape index (κ1) is 15.2. The molecule has 0 unspecified atom stereocenters. The Hall–Kier alpha value is -2.15. The highest BCUT2D eigenvalue weighted by atomic mass is 32.2. The van der Waals surface area contributed by atoms with Crippen molar-refractivity contribution in [2.24, 2.45) is 0 Å². The van der Waals surface area contributed by atoms with Crippen molar-refractivity contribution in [1.82, 2.24) is 15.3 Å². The van der Waals surface area contributed by atoms with E-state index in [0.717, 1.165) is 17.8 Å². The van der Waals surface area contributed by atoms with E-state index < -0.39 is 16.6 Å². The number of halogens is 1. The van der Waals surface area contributed by atoms with Crippen LogP contribution in [0.5, 0.6) is 0 Å². The van der Waals surface area contributed by atoms with Crippen LogP contribution in [0.2, 0.25) is 0 Å². The Labute approximate surface area is 124 Å². The Kier molecular flexibility index (Phi) is 4.74. The minimum absolute atomic E-state index is 0.179. The number of benzene rings is 1. The second-order valence-electron chi connectivity index (χ2n) is 4.33. The summed E-state index contributed by atoms with van der Waals surface area (Å²) in [5.41, 5.74) is -0.0398. The van der Waals surface area contributed by atoms with Gasteiger partial charge < -0.3 is 10.3 Å². The summed E-state index contributed by atoms with van der Waals surface area (Å²) < 4.78 is 13.1. The Balaban J connectivity index is 2.23. The molecule has 1 aromatic heterocycles. The van der Waals surface area contributed by atoms with E-state index in [1.54, 1.807) is 13.0 Å². The van der Waals surface area contributed by atoms with Gasteiger partial charge in [0.1, 0.15) is 5.82 Å². The lowest BCUT2D eigenvalue weighted by Gasteiger charge is -2.10. The molecule has 1 amide bonds. The number of nitrogens with zero attached hydrogens (tertiary/aromatic N) is 1. The molecule has 0 aliphatic heterocycles. The molecule has 2 N–H and O–H groups in total. The molecule has 5 nitrogen and oxygen atoms in total. The summed E-state index contributed by atoms with van der Waals surface area (Å²) in [6, 6.07) is 3.81. The first-order valence-electron chi connectivity index (χ1n) is 6.26. The summed E-state index contributed by atoms with van der Waals surface area (Å²) in [5, 5.41) is 2.74. The number of nitrogens with one attached hydrogen (secondary N) is 2. The lowest BCUT2D eigenvalue weighted by Crippen LogP contribution is -2.31. The zero-order valence-electron chi connectivity index (χ0n) is 11.4. The number of H-pyrrole nitrogens is 1. The number of thioether (sulfide) groups is 1. The molecule has 0 saturated carbocycles. The second kappa shape index (κ2) is 6.53. The van der Waals surface area contributed by atoms with Crippen LogP contribution in [0.3, 0.4) is 0 Å². The molecule has 0 fully saturated rings. The zero-order chi connectivity index (χ0) is 15.4. The molecule has 1 atom stereocenters. The number of hydrogen-bond acceptors (Lipinski definition) is 4. The minimum atomic E-state index is -0.493. The SMILES string of the molecule is C=CCNC(=O)[C@H](C)Sc1nc2ccc(F)cc2c(=O)[nH]1. The van der Waals surface area contributed by atoms with Crippen molar-refractivity contribution in [2.75, 3.05) is 6.54 Å². The van der Waals surface area contributed by atoms with Gasteiger partial charge in [-0.2, -0.15) is 0 Å². The third-order valence-electron chi connectivity index (χ3n) is 2.72. The van der Waals surface area contributed by atoms with Crippen LogP contribution < -0.4 is 10.9 Å². The number of carbonyl (C=O) groups excluding carboxylic acids is 1. The summed E-state index contributed by atoms with van der Waals surface area (Å²) in [5.74, 6) is -0.672. The van der Waals surface area contributed by atoms with E-state index in [1.807, 2.05) is 0 Å². The number of carbonyl (C=O) groups is 1. The standard InChI is InChI=1S/C14H14FN3O2S/c1-3-6-16-12(19)8(2)21-14-17-11-5-4-9(15)7-10(11)13(20)18-14/h3-5,7-8H,1,6H2,2H3,(H,16,19)(H,17,18,20)/t8-/m0/s1. The normalized spacial score (nSPS) is 12.1. The molecule has 21 heavy (non-hydrogen) atoms. The van der Waals surface area contributed by atoms with Gasteiger partial charge in [0.05, 0.1) is 16.2 Å². The van der Waals surface area contributed by atoms with Gasteiger partial charge in [-0.05, 0) is 25.1 Å². The molecule has 0 bridgehead atoms. The maximum atomic E-state index is 13.1. The summed E-state index contributed by atoms with van der Waals surface area (Å²) in [6.07, 6.45) is 1.58. The molecule has 0 aliphatic carbocycles. The average Bonchev–Trinajstić information content (AvgIpc) is 2.45. The molecule has 110 valence electrons. The second-order valence-corrected chi connectivity index (χ2v) is 5.66. The molecule has 0 radical (unpaired) electrons. The van der Waals surface area contributed by atoms with Crippen molar-refractivity contribution in [3.63, 3.8) is 0 Å². The van der Waals surface area contributed by atoms with Crippen molar-refractivity contribution >= 4 is 28.6 Å². The highest BCUT2D eigenvalue weighted by molar-refractivity contribution is 8.00. The first-order valence-corrected chi connectivity index (χ1v) is 7.14. The number of aromatic nitrogens is 2. The van der Waals surface area contributed by atoms with Gasteiger partial charge in [0.25, 0.3) is 5.56 Å². The predicted octanol–water partition coefficient (Wildman–Crippen LogP) is 1.84. The van der Waals surface area contributed by atoms with Gasteiger partial charge in [0, 0.05) is 6.54 Å². The van der Waals surface area contributed by atoms with Crippen LogP contribution in [-0.2, 0) is 4.79 Å². The summed E-state index contributed by atoms with van der Waals surface area (Å²) >= 11 is 1.13. The van der Waals surface area contributed by atoms with Crippen molar-refractivity contribution in [2.45, 2.75) is 17.3 Å². The molecular weight excluding hydrogens is 293 g/mol. The zero-order valence-corrected chi connectivity index (χ0v) is 12.2. The number of amides is 1. The largest absolute Gasteiger partial charge is 0.352 e. The Bertz CT molecular complexity index is 745. The molecule has 2 aromatic rings. The van der Waals surface area contributed by atoms with Crippen molar-refractivity contribution in [1.29, 1.82) is 0 Å². The van der Waals surface area contributed by atoms with E-state index in [4.69, 9.17) is 0 Å². The molecule has 1 heterocycles. The van der Waals surface area contributed by atoms with Crippen LogP contribution in [0.4, 0.5) is 4.39 Å². The molecule has 1 aromatic carbocycles. The van der Waals surface area contributed by atoms with E-state index >= 15 is 0 Å². The summed E-state index contributed by atoms with van der Waals surface area (Å²) in [7, 11) is 0. The molecular formula is C14H14FN3O2S. The van der Waals surface area contributed by atoms with E-state index in [9.17, 15) is 14.0 Å². The Morgan fingerprint density at radius 1 is 1.62 bits per heavy atom. The quantitative estimate of drug-likeness (QED) is 0.502. The average molecular weight is 307 g/mol. The third kappa shape index (κ3) is 3.69. The van der Waals surface area contributed by atoms with Gasteiger partial charge in [-0.3, -0.25) is 9.59 Å². The molecule has 7 heteroatoms. The number of rotatable bonds is 5. The molecule has 2 rings (SSSR count). The molecule has 0 spiro atoms. The highest BCUT2D eigenvalue weighted by Gasteiger charge is 2.15. The summed E-state index contributed by atoms with van der Waals surface area (Å²) in [6.45, 7) is 5.60. The van der Waals surface area contributed by atoms with Crippen LogP contribution in [0.25, 0.3) is 10.9 Å². The van der Waals surface area contributed by atoms with Crippen molar-refractivity contribution in [3.8, 4) is 0 Å². The van der Waals surface area contributed by atoms with Gasteiger partial charge in [0.2, 0.25) is 5.91 Å². The maximum absolute atomic E-state index is 13.1. The Morgan fingerprint density at radius 2 is 2.38 bits per heavy atom. The fourth-order valence-electron chi connectivity index (χ4n) is 1.68. The van der Waals surface area contributed by atoms with Crippen LogP contribution in [0.1, 0.15) is 6.92 Å². The number of aromatic amines is 1. The topological polar surface area (TPSA) is 74.8 Å². The van der Waals surface area contributed by atoms with E-state index in [0.29, 0.717) is 17.2 Å². The van der Waals surface area contributed by atoms with E-state index in [1.165, 1.54) is 12.1 Å². The Morgan fingerprint density at radius 3 is 3.10 bits per heavy atom. The monoisotopic (exact) mass is 307 g/mol. The van der Waals surface area contributed by atoms with Gasteiger partial charge in [-0.1, -0.05) is 17.8 Å². The van der Waals surface area contributed by atoms with Gasteiger partial charge in [-0.15, -0.1) is 6.58 Å². The van der Waals surface area contributed by atoms with Crippen molar-refractivity contribution < 1.29 is 9.18 Å². The molecule has 0 aliphatic rings. The fourth-order valence-corrected chi connectivity index (χ4v) is 2.51. The maximum Gasteiger partial charge on any atom is 0.259 e. The first-order chi connectivity index (χ1) is 10.0. The summed E-state index contributed by atoms with van der Waals surface area (Å²) in [4.78, 5) is 30.4. The van der Waals surface area contributed by atoms with Crippen LogP contribution in [0.15, 0.2) is 40.8 Å². The van der Waals surface area contributed by atoms with Gasteiger partial charge in [0.15, 0.2) is 5.16 Å². The van der Waals surface area contributed by atoms with Crippen LogP contribution in [-0.4, -0.2) is 27.7 Å². The number of hydrogen-bond donors (Lipinski definition) is 2. The lowest BCUT2D eigenvalue weighted by atomic mass is 10.2. The van der Waals surface area contributed by atoms with Crippen LogP contribution in [0, 0.1) is 5.82 Å². The van der Waals surface area contributed by atoms with Gasteiger partial charge in [-0.25, -0.2) is 9.37 Å². The van der Waals surface area contributed by atoms with E-state index in [2.05, 4.69) is 21.9 Å². The number of fused-ring (bicyclic) bond motifs is 1. The molecule has 0 saturated heterocycles. The van der Waals surface area contributed by atoms with Crippen LogP contribution >= 0.6 is 11.8 Å². The van der Waals surface area contributed by atoms with Crippen molar-refractivity contribution in [3.05, 3.63) is 47.0 Å². The predicted molar refractivity (Wildman–Crippen MR) is 80.8 cm³/mol. The smallest absolute Gasteiger partial charge is 0.259 e. The lowest BCUT2D eigenvalue weighted by molar-refractivity contribution is -0.120. The van der Waals surface area contributed by atoms with Gasteiger partial charge >= 0.3 is 0 Å².